The number of amides is 1. The van der Waals surface area contributed by atoms with E-state index in [1.165, 1.54) is 5.69 Å². The van der Waals surface area contributed by atoms with Crippen molar-refractivity contribution < 1.29 is 9.53 Å². The summed E-state index contributed by atoms with van der Waals surface area (Å²) in [4.78, 5) is 13.6. The molecule has 0 spiro atoms. The molecule has 0 saturated heterocycles. The smallest absolute Gasteiger partial charge is 0.246 e. The number of anilines is 1. The molecule has 0 aliphatic carbocycles. The van der Waals surface area contributed by atoms with Crippen molar-refractivity contribution in [3.05, 3.63) is 30.3 Å². The van der Waals surface area contributed by atoms with Crippen molar-refractivity contribution in [2.24, 2.45) is 0 Å². The van der Waals surface area contributed by atoms with Crippen molar-refractivity contribution >= 4 is 11.6 Å². The highest BCUT2D eigenvalue weighted by Crippen LogP contribution is 2.10. The van der Waals surface area contributed by atoms with Crippen LogP contribution in [0, 0.1) is 0 Å². The van der Waals surface area contributed by atoms with E-state index in [2.05, 4.69) is 29.4 Å². The minimum absolute atomic E-state index is 0.0453. The quantitative estimate of drug-likeness (QED) is 0.731. The molecule has 1 N–H and O–H groups in total. The largest absolute Gasteiger partial charge is 0.375 e. The van der Waals surface area contributed by atoms with Gasteiger partial charge in [-0.05, 0) is 32.4 Å². The van der Waals surface area contributed by atoms with E-state index in [4.69, 9.17) is 4.74 Å². The number of carbonyl (C=O) groups is 1. The second-order valence-electron chi connectivity index (χ2n) is 4.82. The Hall–Kier alpha value is -1.55. The van der Waals surface area contributed by atoms with Gasteiger partial charge >= 0.3 is 0 Å². The summed E-state index contributed by atoms with van der Waals surface area (Å²) in [6.07, 6.45) is 1.01. The third-order valence-corrected chi connectivity index (χ3v) is 2.74. The van der Waals surface area contributed by atoms with Gasteiger partial charge in [-0.3, -0.25) is 4.79 Å². The second-order valence-corrected chi connectivity index (χ2v) is 4.82. The maximum Gasteiger partial charge on any atom is 0.246 e. The Morgan fingerprint density at radius 3 is 2.63 bits per heavy atom. The zero-order valence-electron chi connectivity index (χ0n) is 12.1. The molecule has 106 valence electrons. The molecule has 1 aromatic carbocycles. The predicted octanol–water partition coefficient (Wildman–Crippen LogP) is 2.05. The molecule has 1 amide bonds. The van der Waals surface area contributed by atoms with Gasteiger partial charge in [0.25, 0.3) is 0 Å². The zero-order chi connectivity index (χ0) is 14.1. The van der Waals surface area contributed by atoms with Crippen LogP contribution in [0.1, 0.15) is 20.3 Å². The first-order valence-corrected chi connectivity index (χ1v) is 6.74. The predicted molar refractivity (Wildman–Crippen MR) is 78.4 cm³/mol. The summed E-state index contributed by atoms with van der Waals surface area (Å²) in [5.74, 6) is -0.0453. The van der Waals surface area contributed by atoms with Gasteiger partial charge in [0, 0.05) is 25.8 Å². The highest BCUT2D eigenvalue weighted by molar-refractivity contribution is 5.77. The van der Waals surface area contributed by atoms with Gasteiger partial charge in [0.2, 0.25) is 5.91 Å². The van der Waals surface area contributed by atoms with Crippen LogP contribution in [-0.4, -0.2) is 38.8 Å². The maximum absolute atomic E-state index is 11.4. The molecule has 1 rings (SSSR count). The topological polar surface area (TPSA) is 41.6 Å². The van der Waals surface area contributed by atoms with Gasteiger partial charge < -0.3 is 15.0 Å². The molecule has 0 aliphatic heterocycles. The summed E-state index contributed by atoms with van der Waals surface area (Å²) in [7, 11) is 2.05. The number of ether oxygens (including phenoxy) is 1. The van der Waals surface area contributed by atoms with Gasteiger partial charge in [-0.1, -0.05) is 18.2 Å². The molecule has 0 fully saturated rings. The van der Waals surface area contributed by atoms with Crippen LogP contribution >= 0.6 is 0 Å². The summed E-state index contributed by atoms with van der Waals surface area (Å²) >= 11 is 0. The number of carbonyl (C=O) groups excluding carboxylic acids is 1. The number of benzene rings is 1. The van der Waals surface area contributed by atoms with Crippen molar-refractivity contribution in [3.63, 3.8) is 0 Å². The first kappa shape index (κ1) is 15.5. The van der Waals surface area contributed by atoms with Gasteiger partial charge in [-0.15, -0.1) is 0 Å². The van der Waals surface area contributed by atoms with Crippen LogP contribution in [0.4, 0.5) is 5.69 Å². The summed E-state index contributed by atoms with van der Waals surface area (Å²) in [6.45, 7) is 5.57. The molecule has 0 bridgehead atoms. The normalized spacial score (nSPS) is 10.5. The number of hydrogen-bond donors (Lipinski definition) is 1. The molecule has 0 heterocycles. The van der Waals surface area contributed by atoms with Crippen LogP contribution in [0.2, 0.25) is 0 Å². The molecule has 0 aromatic heterocycles. The molecular weight excluding hydrogens is 240 g/mol. The summed E-state index contributed by atoms with van der Waals surface area (Å²) in [5, 5.41) is 2.85. The van der Waals surface area contributed by atoms with E-state index in [9.17, 15) is 4.79 Å². The van der Waals surface area contributed by atoms with Crippen LogP contribution in [0.15, 0.2) is 30.3 Å². The lowest BCUT2D eigenvalue weighted by molar-refractivity contribution is -0.127. The van der Waals surface area contributed by atoms with Crippen LogP contribution < -0.4 is 10.2 Å². The molecule has 19 heavy (non-hydrogen) atoms. The summed E-state index contributed by atoms with van der Waals surface area (Å²) in [5.41, 5.74) is 1.19. The molecule has 0 radical (unpaired) electrons. The molecule has 1 aromatic rings. The highest BCUT2D eigenvalue weighted by atomic mass is 16.5. The van der Waals surface area contributed by atoms with Gasteiger partial charge in [0.1, 0.15) is 6.61 Å². The van der Waals surface area contributed by atoms with E-state index in [1.807, 2.05) is 32.0 Å². The Labute approximate surface area is 115 Å². The van der Waals surface area contributed by atoms with Crippen LogP contribution in [0.5, 0.6) is 0 Å². The van der Waals surface area contributed by atoms with Gasteiger partial charge in [-0.2, -0.15) is 0 Å². The first-order chi connectivity index (χ1) is 9.09. The Balaban J connectivity index is 2.12. The van der Waals surface area contributed by atoms with E-state index in [1.54, 1.807) is 0 Å². The van der Waals surface area contributed by atoms with E-state index >= 15 is 0 Å². The van der Waals surface area contributed by atoms with Crippen molar-refractivity contribution in [1.29, 1.82) is 0 Å². The molecule has 0 atom stereocenters. The van der Waals surface area contributed by atoms with Gasteiger partial charge in [-0.25, -0.2) is 0 Å². The molecule has 4 heteroatoms. The van der Waals surface area contributed by atoms with Crippen molar-refractivity contribution in [1.82, 2.24) is 5.32 Å². The van der Waals surface area contributed by atoms with E-state index in [0.29, 0.717) is 6.54 Å². The van der Waals surface area contributed by atoms with E-state index < -0.39 is 0 Å². The lowest BCUT2D eigenvalue weighted by atomic mass is 10.3. The molecule has 0 saturated carbocycles. The average molecular weight is 264 g/mol. The number of nitrogens with zero attached hydrogens (tertiary/aromatic N) is 1. The fraction of sp³-hybridized carbons (Fsp3) is 0.533. The fourth-order valence-corrected chi connectivity index (χ4v) is 1.65. The maximum atomic E-state index is 11.4. The SMILES string of the molecule is CC(C)OCC(=O)NCCCN(C)c1ccccc1. The van der Waals surface area contributed by atoms with Gasteiger partial charge in [0.05, 0.1) is 6.10 Å². The minimum Gasteiger partial charge on any atom is -0.375 e. The Kier molecular flexibility index (Phi) is 6.97. The van der Waals surface area contributed by atoms with Crippen LogP contribution in [-0.2, 0) is 9.53 Å². The number of rotatable bonds is 8. The Morgan fingerprint density at radius 1 is 1.32 bits per heavy atom. The second kappa shape index (κ2) is 8.53. The molecule has 0 unspecified atom stereocenters. The minimum atomic E-state index is -0.0453. The number of para-hydroxylation sites is 1. The fourth-order valence-electron chi connectivity index (χ4n) is 1.65. The summed E-state index contributed by atoms with van der Waals surface area (Å²) < 4.78 is 5.23. The lowest BCUT2D eigenvalue weighted by Crippen LogP contribution is -2.31. The highest BCUT2D eigenvalue weighted by Gasteiger charge is 2.03. The standard InChI is InChI=1S/C15H24N2O2/c1-13(2)19-12-15(18)16-10-7-11-17(3)14-8-5-4-6-9-14/h4-6,8-9,13H,7,10-12H2,1-3H3,(H,16,18). The Morgan fingerprint density at radius 2 is 2.00 bits per heavy atom. The molecule has 0 aliphatic rings. The van der Waals surface area contributed by atoms with Crippen LogP contribution in [0.25, 0.3) is 0 Å². The first-order valence-electron chi connectivity index (χ1n) is 6.74. The van der Waals surface area contributed by atoms with Gasteiger partial charge in [0.15, 0.2) is 0 Å². The third kappa shape index (κ3) is 6.82. The van der Waals surface area contributed by atoms with Crippen LogP contribution in [0.3, 0.4) is 0 Å². The lowest BCUT2D eigenvalue weighted by Gasteiger charge is -2.19. The average Bonchev–Trinajstić information content (AvgIpc) is 2.42. The van der Waals surface area contributed by atoms with E-state index in [-0.39, 0.29) is 18.6 Å². The number of hydrogen-bond acceptors (Lipinski definition) is 3. The van der Waals surface area contributed by atoms with E-state index in [0.717, 1.165) is 13.0 Å². The van der Waals surface area contributed by atoms with Crippen molar-refractivity contribution in [2.45, 2.75) is 26.4 Å². The number of nitrogens with one attached hydrogen (secondary N) is 1. The van der Waals surface area contributed by atoms with Crippen molar-refractivity contribution in [2.75, 3.05) is 31.6 Å². The summed E-state index contributed by atoms with van der Waals surface area (Å²) in [6, 6.07) is 10.2. The Bertz CT molecular complexity index is 366. The monoisotopic (exact) mass is 264 g/mol. The third-order valence-electron chi connectivity index (χ3n) is 2.74. The molecular formula is C15H24N2O2. The molecule has 4 nitrogen and oxygen atoms in total. The van der Waals surface area contributed by atoms with Crippen molar-refractivity contribution in [3.8, 4) is 0 Å². The zero-order valence-corrected chi connectivity index (χ0v) is 12.1.